The number of nitrogens with one attached hydrogen (secondary N) is 2. The molecule has 0 aliphatic rings. The molecule has 0 saturated heterocycles. The van der Waals surface area contributed by atoms with Gasteiger partial charge in [-0.25, -0.2) is 17.8 Å². The number of carbonyl (C=O) groups excluding carboxylic acids is 1. The average Bonchev–Trinajstić information content (AvgIpc) is 3.33. The number of aromatic nitrogens is 2. The van der Waals surface area contributed by atoms with Gasteiger partial charge in [-0.3, -0.25) is 9.52 Å². The first kappa shape index (κ1) is 25.4. The number of H-pyrrole nitrogens is 1. The van der Waals surface area contributed by atoms with Crippen molar-refractivity contribution >= 4 is 44.1 Å². The van der Waals surface area contributed by atoms with Gasteiger partial charge in [0.2, 0.25) is 10.0 Å². The highest BCUT2D eigenvalue weighted by Gasteiger charge is 2.23. The highest BCUT2D eigenvalue weighted by atomic mass is 35.5. The van der Waals surface area contributed by atoms with Gasteiger partial charge in [0.15, 0.2) is 11.6 Å². The number of ether oxygens (including phenoxy) is 1. The van der Waals surface area contributed by atoms with Crippen molar-refractivity contribution in [1.29, 1.82) is 0 Å². The van der Waals surface area contributed by atoms with E-state index in [-0.39, 0.29) is 22.6 Å². The third-order valence-corrected chi connectivity index (χ3v) is 7.53. The van der Waals surface area contributed by atoms with Crippen molar-refractivity contribution in [1.82, 2.24) is 9.97 Å². The van der Waals surface area contributed by atoms with Gasteiger partial charge in [0.1, 0.15) is 11.4 Å². The zero-order chi connectivity index (χ0) is 26.9. The molecule has 0 saturated carbocycles. The SMILES string of the molecule is COc1ccc(-c2cnc3[nH]cc(C(=O)c4cccc(NS(=O)(=O)Cc5ccccc5)c4F)c3c2)c(Cl)c1. The van der Waals surface area contributed by atoms with E-state index in [2.05, 4.69) is 14.7 Å². The van der Waals surface area contributed by atoms with Crippen LogP contribution in [0.5, 0.6) is 5.75 Å². The number of hydrogen-bond acceptors (Lipinski definition) is 5. The van der Waals surface area contributed by atoms with Crippen LogP contribution in [-0.4, -0.2) is 31.3 Å². The number of pyridine rings is 1. The molecule has 38 heavy (non-hydrogen) atoms. The monoisotopic (exact) mass is 549 g/mol. The van der Waals surface area contributed by atoms with Crippen molar-refractivity contribution in [3.63, 3.8) is 0 Å². The van der Waals surface area contributed by atoms with Crippen LogP contribution in [-0.2, 0) is 15.8 Å². The molecule has 2 aromatic heterocycles. The molecule has 192 valence electrons. The summed E-state index contributed by atoms with van der Waals surface area (Å²) < 4.78 is 48.2. The van der Waals surface area contributed by atoms with Gasteiger partial charge in [-0.2, -0.15) is 0 Å². The van der Waals surface area contributed by atoms with E-state index in [1.807, 2.05) is 0 Å². The lowest BCUT2D eigenvalue weighted by Crippen LogP contribution is -2.17. The van der Waals surface area contributed by atoms with Crippen molar-refractivity contribution in [3.8, 4) is 16.9 Å². The molecule has 0 atom stereocenters. The summed E-state index contributed by atoms with van der Waals surface area (Å²) in [7, 11) is -2.38. The molecular formula is C28H21ClFN3O4S. The Labute approximate surface area is 223 Å². The van der Waals surface area contributed by atoms with Gasteiger partial charge in [0.25, 0.3) is 0 Å². The normalized spacial score (nSPS) is 11.4. The quantitative estimate of drug-likeness (QED) is 0.224. The van der Waals surface area contributed by atoms with Crippen molar-refractivity contribution in [2.75, 3.05) is 11.8 Å². The second-order valence-electron chi connectivity index (χ2n) is 8.51. The minimum Gasteiger partial charge on any atom is -0.497 e. The summed E-state index contributed by atoms with van der Waals surface area (Å²) in [6.07, 6.45) is 3.06. The Balaban J connectivity index is 1.47. The molecule has 0 amide bonds. The molecule has 0 bridgehead atoms. The predicted octanol–water partition coefficient (Wildman–Crippen LogP) is 6.20. The van der Waals surface area contributed by atoms with Gasteiger partial charge in [0, 0.05) is 34.5 Å². The summed E-state index contributed by atoms with van der Waals surface area (Å²) in [6, 6.07) is 19.5. The molecule has 2 N–H and O–H groups in total. The third-order valence-electron chi connectivity index (χ3n) is 5.97. The van der Waals surface area contributed by atoms with Gasteiger partial charge < -0.3 is 9.72 Å². The predicted molar refractivity (Wildman–Crippen MR) is 146 cm³/mol. The fourth-order valence-corrected chi connectivity index (χ4v) is 5.60. The number of ketones is 1. The molecular weight excluding hydrogens is 529 g/mol. The van der Waals surface area contributed by atoms with E-state index < -0.39 is 21.6 Å². The number of carbonyl (C=O) groups is 1. The maximum Gasteiger partial charge on any atom is 0.237 e. The van der Waals surface area contributed by atoms with Crippen LogP contribution in [0.15, 0.2) is 85.2 Å². The molecule has 0 radical (unpaired) electrons. The number of aromatic amines is 1. The molecule has 0 unspecified atom stereocenters. The van der Waals surface area contributed by atoms with Crippen molar-refractivity contribution in [2.45, 2.75) is 5.75 Å². The maximum atomic E-state index is 15.4. The molecule has 2 heterocycles. The first-order chi connectivity index (χ1) is 18.3. The highest BCUT2D eigenvalue weighted by Crippen LogP contribution is 2.33. The lowest BCUT2D eigenvalue weighted by atomic mass is 10.00. The van der Waals surface area contributed by atoms with Crippen LogP contribution in [0.3, 0.4) is 0 Å². The van der Waals surface area contributed by atoms with Crippen LogP contribution in [0.25, 0.3) is 22.2 Å². The first-order valence-electron chi connectivity index (χ1n) is 11.4. The van der Waals surface area contributed by atoms with E-state index in [0.29, 0.717) is 38.5 Å². The van der Waals surface area contributed by atoms with Gasteiger partial charge in [-0.1, -0.05) is 48.0 Å². The summed E-state index contributed by atoms with van der Waals surface area (Å²) in [6.45, 7) is 0. The topological polar surface area (TPSA) is 101 Å². The van der Waals surface area contributed by atoms with E-state index in [4.69, 9.17) is 16.3 Å². The van der Waals surface area contributed by atoms with E-state index in [9.17, 15) is 13.2 Å². The Morgan fingerprint density at radius 1 is 1.05 bits per heavy atom. The smallest absolute Gasteiger partial charge is 0.237 e. The van der Waals surface area contributed by atoms with E-state index in [1.165, 1.54) is 24.4 Å². The number of nitrogens with zero attached hydrogens (tertiary/aromatic N) is 1. The summed E-state index contributed by atoms with van der Waals surface area (Å²) in [5.41, 5.74) is 1.91. The molecule has 0 spiro atoms. The Kier molecular flexibility index (Phi) is 6.88. The standard InChI is InChI=1S/C28H21ClFN3O4S/c1-37-19-10-11-20(24(29)13-19)18-12-22-23(15-32-28(22)31-14-18)27(34)21-8-5-9-25(26(21)30)33-38(35,36)16-17-6-3-2-4-7-17/h2-15,33H,16H2,1H3,(H,31,32). The second-order valence-corrected chi connectivity index (χ2v) is 10.6. The minimum absolute atomic E-state index is 0.183. The fourth-order valence-electron chi connectivity index (χ4n) is 4.12. The number of methoxy groups -OCH3 is 1. The fraction of sp³-hybridized carbons (Fsp3) is 0.0714. The zero-order valence-electron chi connectivity index (χ0n) is 20.0. The molecule has 0 fully saturated rings. The molecule has 5 aromatic rings. The van der Waals surface area contributed by atoms with Gasteiger partial charge in [-0.15, -0.1) is 0 Å². The minimum atomic E-state index is -3.93. The molecule has 7 nitrogen and oxygen atoms in total. The lowest BCUT2D eigenvalue weighted by molar-refractivity contribution is 0.103. The summed E-state index contributed by atoms with van der Waals surface area (Å²) in [5.74, 6) is -1.33. The van der Waals surface area contributed by atoms with Crippen molar-refractivity contribution in [2.24, 2.45) is 0 Å². The molecule has 0 aliphatic heterocycles. The van der Waals surface area contributed by atoms with E-state index in [0.717, 1.165) is 0 Å². The summed E-state index contributed by atoms with van der Waals surface area (Å²) >= 11 is 6.42. The number of halogens is 2. The summed E-state index contributed by atoms with van der Waals surface area (Å²) in [5, 5.41) is 0.907. The number of fused-ring (bicyclic) bond motifs is 1. The van der Waals surface area contributed by atoms with Gasteiger partial charge in [-0.05, 0) is 42.0 Å². The lowest BCUT2D eigenvalue weighted by Gasteiger charge is -2.11. The van der Waals surface area contributed by atoms with Crippen molar-refractivity contribution in [3.05, 3.63) is 113 Å². The van der Waals surface area contributed by atoms with E-state index >= 15 is 4.39 Å². The van der Waals surface area contributed by atoms with Crippen LogP contribution in [0.2, 0.25) is 5.02 Å². The van der Waals surface area contributed by atoms with Crippen LogP contribution in [0.1, 0.15) is 21.5 Å². The highest BCUT2D eigenvalue weighted by molar-refractivity contribution is 7.91. The zero-order valence-corrected chi connectivity index (χ0v) is 21.6. The average molecular weight is 550 g/mol. The third kappa shape index (κ3) is 5.11. The number of rotatable bonds is 8. The Morgan fingerprint density at radius 2 is 1.84 bits per heavy atom. The Morgan fingerprint density at radius 3 is 2.58 bits per heavy atom. The first-order valence-corrected chi connectivity index (χ1v) is 13.5. The van der Waals surface area contributed by atoms with Crippen molar-refractivity contribution < 1.29 is 22.3 Å². The Hall–Kier alpha value is -4.21. The summed E-state index contributed by atoms with van der Waals surface area (Å²) in [4.78, 5) is 20.8. The number of sulfonamides is 1. The molecule has 5 rings (SSSR count). The van der Waals surface area contributed by atoms with Crippen LogP contribution < -0.4 is 9.46 Å². The molecule has 10 heteroatoms. The van der Waals surface area contributed by atoms with E-state index in [1.54, 1.807) is 67.9 Å². The number of anilines is 1. The molecule has 0 aliphatic carbocycles. The largest absolute Gasteiger partial charge is 0.497 e. The van der Waals surface area contributed by atoms with Crippen LogP contribution in [0, 0.1) is 5.82 Å². The van der Waals surface area contributed by atoms with Gasteiger partial charge >= 0.3 is 0 Å². The second kappa shape index (κ2) is 10.3. The van der Waals surface area contributed by atoms with Crippen LogP contribution in [0.4, 0.5) is 10.1 Å². The number of hydrogen-bond donors (Lipinski definition) is 2. The van der Waals surface area contributed by atoms with Gasteiger partial charge in [0.05, 0.1) is 29.1 Å². The molecule has 3 aromatic carbocycles. The maximum absolute atomic E-state index is 15.4. The number of benzene rings is 3. The van der Waals surface area contributed by atoms with Crippen LogP contribution >= 0.6 is 11.6 Å². The Bertz CT molecular complexity index is 1770.